The van der Waals surface area contributed by atoms with E-state index >= 15 is 0 Å². The number of hydrogen-bond donors (Lipinski definition) is 0. The van der Waals surface area contributed by atoms with Gasteiger partial charge in [-0.05, 0) is 52.3 Å². The molecular weight excluding hydrogens is 1120 g/mol. The fraction of sp³-hybridized carbons (Fsp3) is 0.500. The molecule has 87 heavy (non-hydrogen) atoms. The van der Waals surface area contributed by atoms with Gasteiger partial charge in [-0.1, -0.05) is 230 Å². The monoisotopic (exact) mass is 1220 g/mol. The molecule has 0 bridgehead atoms. The first kappa shape index (κ1) is 64.6. The van der Waals surface area contributed by atoms with E-state index in [-0.39, 0.29) is 25.8 Å². The van der Waals surface area contributed by atoms with Crippen molar-refractivity contribution in [3.8, 4) is 66.8 Å². The Hall–Kier alpha value is -5.34. The van der Waals surface area contributed by atoms with Crippen molar-refractivity contribution in [2.45, 2.75) is 270 Å². The zero-order valence-electron chi connectivity index (χ0n) is 54.6. The Morgan fingerprint density at radius 2 is 0.494 bits per heavy atom. The van der Waals surface area contributed by atoms with Crippen molar-refractivity contribution in [3.63, 3.8) is 0 Å². The minimum atomic E-state index is -0.144. The molecule has 0 atom stereocenters. The van der Waals surface area contributed by atoms with Crippen molar-refractivity contribution >= 4 is 26.0 Å². The Morgan fingerprint density at radius 3 is 0.828 bits per heavy atom. The van der Waals surface area contributed by atoms with Crippen LogP contribution in [-0.2, 0) is 10.8 Å². The summed E-state index contributed by atoms with van der Waals surface area (Å²) in [5, 5.41) is 0. The molecule has 0 unspecified atom stereocenters. The summed E-state index contributed by atoms with van der Waals surface area (Å²) in [4.78, 5) is 0. The van der Waals surface area contributed by atoms with E-state index in [0.29, 0.717) is 0 Å². The summed E-state index contributed by atoms with van der Waals surface area (Å²) in [6.45, 7) is 9.36. The average Bonchev–Trinajstić information content (AvgIpc) is 1.62. The first-order valence-electron chi connectivity index (χ1n) is 36.0. The van der Waals surface area contributed by atoms with Crippen LogP contribution in [0.1, 0.15) is 281 Å². The van der Waals surface area contributed by atoms with Crippen molar-refractivity contribution in [2.75, 3.05) is 0 Å². The van der Waals surface area contributed by atoms with Crippen LogP contribution in [0.5, 0.6) is 0 Å². The summed E-state index contributed by atoms with van der Waals surface area (Å²) in [7, 11) is 0. The molecule has 7 aromatic carbocycles. The second-order valence-corrected chi connectivity index (χ2v) is 28.1. The first-order chi connectivity index (χ1) is 43.0. The number of fused-ring (bicyclic) bond motifs is 7. The second kappa shape index (κ2) is 33.5. The molecule has 0 spiro atoms. The van der Waals surface area contributed by atoms with Crippen LogP contribution in [0.25, 0.3) is 77.8 Å². The minimum Gasteiger partial charge on any atom is -0.0289 e. The van der Waals surface area contributed by atoms with E-state index in [0.717, 1.165) is 11.0 Å². The maximum atomic E-state index is 5.21. The fourth-order valence-corrected chi connectivity index (χ4v) is 17.1. The third-order valence-electron chi connectivity index (χ3n) is 20.8. The van der Waals surface area contributed by atoms with Crippen LogP contribution in [0.4, 0.5) is 0 Å². The minimum absolute atomic E-state index is 0.0176. The van der Waals surface area contributed by atoms with Gasteiger partial charge >= 0.3 is 250 Å². The Bertz CT molecular complexity index is 3300. The van der Waals surface area contributed by atoms with Gasteiger partial charge in [0.05, 0.1) is 0 Å². The topological polar surface area (TPSA) is 25.8 Å². The summed E-state index contributed by atoms with van der Waals surface area (Å²) < 4.78 is 10.3. The van der Waals surface area contributed by atoms with Gasteiger partial charge in [0.2, 0.25) is 0 Å². The van der Waals surface area contributed by atoms with Gasteiger partial charge in [-0.2, -0.15) is 0 Å². The maximum absolute atomic E-state index is 5.21. The molecule has 2 aliphatic rings. The van der Waals surface area contributed by atoms with Crippen LogP contribution < -0.4 is 0 Å². The van der Waals surface area contributed by atoms with Crippen LogP contribution in [0.15, 0.2) is 146 Å². The normalized spacial score (nSPS) is 13.5. The molecule has 10 rings (SSSR count). The third-order valence-corrected chi connectivity index (χ3v) is 21.9. The van der Waals surface area contributed by atoms with Crippen LogP contribution in [-0.4, -0.2) is 22.9 Å². The number of aromatic nitrogens is 2. The van der Waals surface area contributed by atoms with E-state index in [2.05, 4.69) is 173 Å². The quantitative estimate of drug-likeness (QED) is 0.0283. The van der Waals surface area contributed by atoms with Gasteiger partial charge in [-0.3, -0.25) is 0 Å². The molecule has 1 heterocycles. The van der Waals surface area contributed by atoms with Crippen LogP contribution in [0, 0.1) is 0 Å². The predicted molar refractivity (Wildman–Crippen MR) is 380 cm³/mol. The van der Waals surface area contributed by atoms with Crippen LogP contribution >= 0.6 is 0 Å². The standard InChI is InChI=1S/C84H108N2Se/c1-5-9-13-17-21-25-29-39-57-83(58-40-30-26-22-18-14-10-6-2)77-61-67(65-43-35-33-36-44-65)47-51-73(77)74-52-48-68(62-78(74)83)69-49-53-75-76-54-50-70(72-56-55-71(66-45-37-34-38-46-66)81-82(72)86-87-85-81)64-80(76)84(79(75)63-69,59-41-31-27-23-19-15-11-7-3)60-42-32-28-24-20-16-12-8-4/h33-38,43-56,61-64H,5-32,39-42,57-60H2,1-4H3. The number of benzene rings is 7. The molecule has 460 valence electrons. The Labute approximate surface area is 534 Å². The Morgan fingerprint density at radius 1 is 0.241 bits per heavy atom. The molecule has 0 saturated heterocycles. The molecule has 0 saturated carbocycles. The number of nitrogens with zero attached hydrogens (tertiary/aromatic N) is 2. The van der Waals surface area contributed by atoms with Crippen molar-refractivity contribution in [2.24, 2.45) is 0 Å². The molecule has 3 heteroatoms. The smallest absolute Gasteiger partial charge is 0.0289 e. The van der Waals surface area contributed by atoms with E-state index in [1.165, 1.54) is 298 Å². The number of hydrogen-bond acceptors (Lipinski definition) is 2. The Balaban J connectivity index is 1.05. The summed E-state index contributed by atoms with van der Waals surface area (Å²) in [5.41, 5.74) is 24.7. The Kier molecular flexibility index (Phi) is 24.9. The zero-order chi connectivity index (χ0) is 59.9. The van der Waals surface area contributed by atoms with Crippen molar-refractivity contribution in [1.82, 2.24) is 7.96 Å². The molecule has 0 aliphatic heterocycles. The molecular formula is C84H108N2Se. The van der Waals surface area contributed by atoms with Gasteiger partial charge in [0.1, 0.15) is 0 Å². The SMILES string of the molecule is CCCCCCCCCCC1(CCCCCCCCCC)c2cc(-c3ccccc3)ccc2-c2ccc(-c3ccc4c(c3)C(CCCCCCCCCC)(CCCCCCCCCC)c3cc(-c5ccc(-c6ccccc6)c6n[se]nc56)ccc3-4)cc21. The number of unbranched alkanes of at least 4 members (excludes halogenated alkanes) is 28. The molecule has 2 aliphatic carbocycles. The van der Waals surface area contributed by atoms with Gasteiger partial charge in [0, 0.05) is 5.41 Å². The van der Waals surface area contributed by atoms with Gasteiger partial charge in [-0.15, -0.1) is 0 Å². The van der Waals surface area contributed by atoms with Crippen molar-refractivity contribution in [1.29, 1.82) is 0 Å². The van der Waals surface area contributed by atoms with E-state index in [9.17, 15) is 0 Å². The molecule has 0 fully saturated rings. The van der Waals surface area contributed by atoms with E-state index in [4.69, 9.17) is 7.96 Å². The molecule has 0 amide bonds. The van der Waals surface area contributed by atoms with Gasteiger partial charge < -0.3 is 0 Å². The second-order valence-electron chi connectivity index (χ2n) is 27.0. The van der Waals surface area contributed by atoms with Crippen LogP contribution in [0.2, 0.25) is 0 Å². The van der Waals surface area contributed by atoms with E-state index < -0.39 is 0 Å². The third kappa shape index (κ3) is 15.8. The first-order valence-corrected chi connectivity index (χ1v) is 37.5. The van der Waals surface area contributed by atoms with E-state index in [1.54, 1.807) is 22.3 Å². The average molecular weight is 1220 g/mol. The molecule has 0 N–H and O–H groups in total. The van der Waals surface area contributed by atoms with Crippen LogP contribution in [0.3, 0.4) is 0 Å². The number of rotatable bonds is 40. The summed E-state index contributed by atoms with van der Waals surface area (Å²) >= 11 is -0.144. The summed E-state index contributed by atoms with van der Waals surface area (Å²) in [6.07, 6.45) is 47.9. The molecule has 1 aromatic heterocycles. The van der Waals surface area contributed by atoms with Gasteiger partial charge in [0.25, 0.3) is 0 Å². The van der Waals surface area contributed by atoms with E-state index in [1.807, 2.05) is 0 Å². The summed E-state index contributed by atoms with van der Waals surface area (Å²) in [5.74, 6) is 0. The van der Waals surface area contributed by atoms with Crippen molar-refractivity contribution in [3.05, 3.63) is 168 Å². The summed E-state index contributed by atoms with van der Waals surface area (Å²) in [6, 6.07) is 57.6. The molecule has 2 nitrogen and oxygen atoms in total. The van der Waals surface area contributed by atoms with Crippen molar-refractivity contribution < 1.29 is 0 Å². The molecule has 8 aromatic rings. The predicted octanol–water partition coefficient (Wildman–Crippen LogP) is 26.0. The van der Waals surface area contributed by atoms with Gasteiger partial charge in [-0.25, -0.2) is 0 Å². The zero-order valence-corrected chi connectivity index (χ0v) is 56.3. The fourth-order valence-electron chi connectivity index (χ4n) is 15.8. The molecule has 0 radical (unpaired) electrons. The van der Waals surface area contributed by atoms with Gasteiger partial charge in [0.15, 0.2) is 0 Å².